The summed E-state index contributed by atoms with van der Waals surface area (Å²) < 4.78 is 12.1. The van der Waals surface area contributed by atoms with Crippen molar-refractivity contribution >= 4 is 57.6 Å². The van der Waals surface area contributed by atoms with Crippen molar-refractivity contribution in [1.29, 1.82) is 0 Å². The molecule has 0 atom stereocenters. The number of hydrogen-bond acceptors (Lipinski definition) is 2. The molecule has 0 fully saturated rings. The summed E-state index contributed by atoms with van der Waals surface area (Å²) in [6.07, 6.45) is 0. The molecule has 5 rings (SSSR count). The summed E-state index contributed by atoms with van der Waals surface area (Å²) in [5, 5.41) is 11.8. The third-order valence-corrected chi connectivity index (χ3v) is 7.73. The zero-order valence-corrected chi connectivity index (χ0v) is 16.8. The molecule has 0 saturated carbocycles. The molecule has 0 amide bonds. The highest BCUT2D eigenvalue weighted by Gasteiger charge is 2.21. The summed E-state index contributed by atoms with van der Waals surface area (Å²) in [5.41, 5.74) is 0. The molecule has 134 valence electrons. The van der Waals surface area contributed by atoms with Crippen LogP contribution in [0.25, 0.3) is 43.1 Å². The zero-order chi connectivity index (χ0) is 18.4. The van der Waals surface area contributed by atoms with Gasteiger partial charge in [-0.25, -0.2) is 0 Å². The summed E-state index contributed by atoms with van der Waals surface area (Å²) in [4.78, 5) is 0. The van der Waals surface area contributed by atoms with Gasteiger partial charge in [-0.2, -0.15) is 0 Å². The van der Waals surface area contributed by atoms with Gasteiger partial charge in [0, 0.05) is 13.2 Å². The highest BCUT2D eigenvalue weighted by Crippen LogP contribution is 2.39. The third-order valence-electron chi connectivity index (χ3n) is 5.45. The van der Waals surface area contributed by atoms with Crippen molar-refractivity contribution in [1.82, 2.24) is 0 Å². The Morgan fingerprint density at radius 2 is 1.11 bits per heavy atom. The molecular weight excluding hydrogens is 348 g/mol. The van der Waals surface area contributed by atoms with Gasteiger partial charge in [0.1, 0.15) is 0 Å². The molecule has 5 aromatic rings. The molecule has 0 spiro atoms. The van der Waals surface area contributed by atoms with Crippen LogP contribution in [0.1, 0.15) is 13.8 Å². The van der Waals surface area contributed by atoms with E-state index in [1.807, 2.05) is 13.8 Å². The van der Waals surface area contributed by atoms with Gasteiger partial charge in [0.2, 0.25) is 0 Å². The van der Waals surface area contributed by atoms with Gasteiger partial charge in [0.05, 0.1) is 0 Å². The van der Waals surface area contributed by atoms with Crippen LogP contribution in [-0.2, 0) is 8.85 Å². The summed E-state index contributed by atoms with van der Waals surface area (Å²) in [6.45, 7) is 5.45. The molecule has 5 aromatic carbocycles. The Bertz CT molecular complexity index is 1210. The lowest BCUT2D eigenvalue weighted by Crippen LogP contribution is -2.37. The molecular formula is C24H22O2Si. The molecule has 0 aliphatic rings. The second-order valence-electron chi connectivity index (χ2n) is 6.88. The van der Waals surface area contributed by atoms with Crippen LogP contribution in [-0.4, -0.2) is 22.5 Å². The van der Waals surface area contributed by atoms with Gasteiger partial charge < -0.3 is 8.85 Å². The second-order valence-corrected chi connectivity index (χ2v) is 8.83. The van der Waals surface area contributed by atoms with E-state index in [1.165, 1.54) is 48.3 Å². The highest BCUT2D eigenvalue weighted by molar-refractivity contribution is 6.65. The molecule has 0 unspecified atom stereocenters. The molecule has 0 bridgehead atoms. The lowest BCUT2D eigenvalue weighted by Gasteiger charge is -2.20. The first-order valence-electron chi connectivity index (χ1n) is 9.64. The maximum atomic E-state index is 6.05. The standard InChI is InChI=1S/C24H22O2Si/c1-3-25-27(26-4-2)22-15-14-20-18-11-6-9-16-8-5-10-17(23(16)18)19-12-7-13-21(22)24(19)20/h5-15,27H,3-4H2,1-2H3. The maximum absolute atomic E-state index is 6.05. The van der Waals surface area contributed by atoms with Gasteiger partial charge >= 0.3 is 9.28 Å². The van der Waals surface area contributed by atoms with Crippen LogP contribution in [0, 0.1) is 0 Å². The van der Waals surface area contributed by atoms with Crippen molar-refractivity contribution in [3.63, 3.8) is 0 Å². The second kappa shape index (κ2) is 6.61. The first-order chi connectivity index (χ1) is 13.3. The Morgan fingerprint density at radius 3 is 1.74 bits per heavy atom. The van der Waals surface area contributed by atoms with E-state index in [9.17, 15) is 0 Å². The van der Waals surface area contributed by atoms with Crippen LogP contribution in [0.15, 0.2) is 66.7 Å². The minimum absolute atomic E-state index is 0.683. The lowest BCUT2D eigenvalue weighted by atomic mass is 9.90. The quantitative estimate of drug-likeness (QED) is 0.239. The van der Waals surface area contributed by atoms with Gasteiger partial charge in [0.15, 0.2) is 0 Å². The number of rotatable bonds is 5. The van der Waals surface area contributed by atoms with E-state index in [0.717, 1.165) is 0 Å². The molecule has 2 nitrogen and oxygen atoms in total. The van der Waals surface area contributed by atoms with E-state index in [0.29, 0.717) is 13.2 Å². The first kappa shape index (κ1) is 16.7. The van der Waals surface area contributed by atoms with E-state index in [2.05, 4.69) is 66.7 Å². The minimum atomic E-state index is -1.92. The van der Waals surface area contributed by atoms with E-state index in [-0.39, 0.29) is 0 Å². The summed E-state index contributed by atoms with van der Waals surface area (Å²) in [5.74, 6) is 0. The molecule has 0 heterocycles. The average molecular weight is 371 g/mol. The van der Waals surface area contributed by atoms with Crippen molar-refractivity contribution in [3.05, 3.63) is 66.7 Å². The third kappa shape index (κ3) is 2.47. The van der Waals surface area contributed by atoms with Gasteiger partial charge in [-0.15, -0.1) is 0 Å². The van der Waals surface area contributed by atoms with Crippen LogP contribution >= 0.6 is 0 Å². The van der Waals surface area contributed by atoms with E-state index in [1.54, 1.807) is 0 Å². The number of benzene rings is 5. The maximum Gasteiger partial charge on any atom is 0.356 e. The summed E-state index contributed by atoms with van der Waals surface area (Å²) in [7, 11) is -1.92. The molecule has 0 aromatic heterocycles. The van der Waals surface area contributed by atoms with Crippen LogP contribution in [0.5, 0.6) is 0 Å². The minimum Gasteiger partial charge on any atom is -0.394 e. The van der Waals surface area contributed by atoms with Gasteiger partial charge in [-0.1, -0.05) is 66.7 Å². The van der Waals surface area contributed by atoms with Crippen molar-refractivity contribution in [3.8, 4) is 0 Å². The van der Waals surface area contributed by atoms with Crippen LogP contribution < -0.4 is 5.19 Å². The predicted octanol–water partition coefficient (Wildman–Crippen LogP) is 5.24. The van der Waals surface area contributed by atoms with Gasteiger partial charge in [-0.3, -0.25) is 0 Å². The molecule has 0 radical (unpaired) electrons. The fourth-order valence-electron chi connectivity index (χ4n) is 4.40. The number of hydrogen-bond donors (Lipinski definition) is 0. The highest BCUT2D eigenvalue weighted by atomic mass is 28.3. The SMILES string of the molecule is CCO[SiH](OCC)c1ccc2c3cccc4cccc(c5cccc1c52)c43. The molecule has 0 saturated heterocycles. The molecule has 3 heteroatoms. The van der Waals surface area contributed by atoms with Crippen molar-refractivity contribution in [2.24, 2.45) is 0 Å². The largest absolute Gasteiger partial charge is 0.394 e. The fraction of sp³-hybridized carbons (Fsp3) is 0.167. The fourth-order valence-corrected chi connectivity index (χ4v) is 6.21. The van der Waals surface area contributed by atoms with Gasteiger partial charge in [-0.05, 0) is 62.1 Å². The summed E-state index contributed by atoms with van der Waals surface area (Å²) >= 11 is 0. The zero-order valence-electron chi connectivity index (χ0n) is 15.7. The Morgan fingerprint density at radius 1 is 0.593 bits per heavy atom. The van der Waals surface area contributed by atoms with E-state index < -0.39 is 9.28 Å². The summed E-state index contributed by atoms with van der Waals surface area (Å²) in [6, 6.07) is 24.4. The normalized spacial score (nSPS) is 12.3. The Labute approximate surface area is 160 Å². The van der Waals surface area contributed by atoms with Gasteiger partial charge in [0.25, 0.3) is 0 Å². The number of fused-ring (bicyclic) bond motifs is 2. The van der Waals surface area contributed by atoms with E-state index in [4.69, 9.17) is 8.85 Å². The van der Waals surface area contributed by atoms with Crippen molar-refractivity contribution < 1.29 is 8.85 Å². The average Bonchev–Trinajstić information content (AvgIpc) is 2.71. The van der Waals surface area contributed by atoms with Crippen molar-refractivity contribution in [2.45, 2.75) is 13.8 Å². The monoisotopic (exact) mass is 370 g/mol. The van der Waals surface area contributed by atoms with Crippen LogP contribution in [0.3, 0.4) is 0 Å². The van der Waals surface area contributed by atoms with Crippen LogP contribution in [0.2, 0.25) is 0 Å². The molecule has 0 aliphatic carbocycles. The first-order valence-corrected chi connectivity index (χ1v) is 11.2. The topological polar surface area (TPSA) is 18.5 Å². The van der Waals surface area contributed by atoms with Crippen molar-refractivity contribution in [2.75, 3.05) is 13.2 Å². The Kier molecular flexibility index (Phi) is 4.08. The molecule has 0 aliphatic heterocycles. The molecule has 0 N–H and O–H groups in total. The Balaban J connectivity index is 1.95. The van der Waals surface area contributed by atoms with Crippen LogP contribution in [0.4, 0.5) is 0 Å². The lowest BCUT2D eigenvalue weighted by molar-refractivity contribution is 0.225. The Hall–Kier alpha value is -2.46. The van der Waals surface area contributed by atoms with E-state index >= 15 is 0 Å². The predicted molar refractivity (Wildman–Crippen MR) is 118 cm³/mol. The smallest absolute Gasteiger partial charge is 0.356 e. The molecule has 27 heavy (non-hydrogen) atoms.